The van der Waals surface area contributed by atoms with E-state index in [9.17, 15) is 9.59 Å². The van der Waals surface area contributed by atoms with Crippen molar-refractivity contribution in [2.24, 2.45) is 0 Å². The lowest BCUT2D eigenvalue weighted by Gasteiger charge is -2.31. The first-order valence-corrected chi connectivity index (χ1v) is 11.7. The van der Waals surface area contributed by atoms with Crippen molar-refractivity contribution in [3.05, 3.63) is 63.1 Å². The zero-order valence-corrected chi connectivity index (χ0v) is 20.8. The van der Waals surface area contributed by atoms with Crippen molar-refractivity contribution < 1.29 is 14.3 Å². The number of hydrogen-bond donors (Lipinski definition) is 1. The fourth-order valence-electron chi connectivity index (χ4n) is 3.11. The molecular formula is C24H30BrClN2O3. The maximum atomic E-state index is 13.2. The number of aryl methyl sites for hydroxylation is 1. The van der Waals surface area contributed by atoms with Gasteiger partial charge in [-0.15, -0.1) is 0 Å². The van der Waals surface area contributed by atoms with E-state index in [1.165, 1.54) is 0 Å². The molecule has 7 heteroatoms. The Morgan fingerprint density at radius 1 is 1.16 bits per heavy atom. The molecule has 0 heterocycles. The second-order valence-electron chi connectivity index (χ2n) is 7.55. The van der Waals surface area contributed by atoms with Crippen molar-refractivity contribution in [1.29, 1.82) is 0 Å². The summed E-state index contributed by atoms with van der Waals surface area (Å²) in [5.41, 5.74) is 1.80. The molecular weight excluding hydrogens is 480 g/mol. The van der Waals surface area contributed by atoms with Gasteiger partial charge in [0, 0.05) is 22.1 Å². The lowest BCUT2D eigenvalue weighted by molar-refractivity contribution is -0.143. The first kappa shape index (κ1) is 25.2. The number of nitrogens with one attached hydrogen (secondary N) is 1. The van der Waals surface area contributed by atoms with E-state index in [-0.39, 0.29) is 31.0 Å². The Kier molecular flexibility index (Phi) is 9.85. The van der Waals surface area contributed by atoms with Crippen LogP contribution in [-0.4, -0.2) is 35.4 Å². The Bertz CT molecular complexity index is 906. The van der Waals surface area contributed by atoms with Crippen molar-refractivity contribution in [2.45, 2.75) is 59.2 Å². The van der Waals surface area contributed by atoms with Gasteiger partial charge in [-0.2, -0.15) is 0 Å². The average molecular weight is 510 g/mol. The van der Waals surface area contributed by atoms with Gasteiger partial charge < -0.3 is 15.0 Å². The van der Waals surface area contributed by atoms with Crippen LogP contribution in [0.1, 0.15) is 44.7 Å². The molecule has 31 heavy (non-hydrogen) atoms. The highest BCUT2D eigenvalue weighted by Crippen LogP contribution is 2.23. The molecule has 0 unspecified atom stereocenters. The third kappa shape index (κ3) is 7.25. The van der Waals surface area contributed by atoms with Gasteiger partial charge in [-0.05, 0) is 62.1 Å². The van der Waals surface area contributed by atoms with E-state index in [4.69, 9.17) is 16.3 Å². The summed E-state index contributed by atoms with van der Waals surface area (Å²) in [7, 11) is 0. The summed E-state index contributed by atoms with van der Waals surface area (Å²) in [6, 6.07) is 12.3. The third-order valence-corrected chi connectivity index (χ3v) is 6.44. The molecule has 0 spiro atoms. The fraction of sp³-hybridized carbons (Fsp3) is 0.417. The molecule has 2 aromatic carbocycles. The molecule has 0 aliphatic heterocycles. The summed E-state index contributed by atoms with van der Waals surface area (Å²) < 4.78 is 6.72. The van der Waals surface area contributed by atoms with Gasteiger partial charge in [0.05, 0.1) is 0 Å². The van der Waals surface area contributed by atoms with Crippen molar-refractivity contribution in [2.75, 3.05) is 6.61 Å². The van der Waals surface area contributed by atoms with Gasteiger partial charge in [0.2, 0.25) is 5.91 Å². The number of nitrogens with zero attached hydrogens (tertiary/aromatic N) is 1. The zero-order chi connectivity index (χ0) is 23.0. The van der Waals surface area contributed by atoms with Gasteiger partial charge in [0.15, 0.2) is 6.61 Å². The molecule has 0 fully saturated rings. The summed E-state index contributed by atoms with van der Waals surface area (Å²) in [4.78, 5) is 27.7. The maximum absolute atomic E-state index is 13.2. The topological polar surface area (TPSA) is 58.6 Å². The second kappa shape index (κ2) is 12.1. The number of halogens is 2. The highest BCUT2D eigenvalue weighted by Gasteiger charge is 2.30. The van der Waals surface area contributed by atoms with Crippen LogP contribution in [0, 0.1) is 6.92 Å². The van der Waals surface area contributed by atoms with E-state index in [0.29, 0.717) is 17.2 Å². The van der Waals surface area contributed by atoms with Crippen LogP contribution in [0.5, 0.6) is 5.75 Å². The smallest absolute Gasteiger partial charge is 0.261 e. The summed E-state index contributed by atoms with van der Waals surface area (Å²) in [6.45, 7) is 7.87. The maximum Gasteiger partial charge on any atom is 0.261 e. The molecule has 2 atom stereocenters. The predicted octanol–water partition coefficient (Wildman–Crippen LogP) is 5.51. The number of rotatable bonds is 10. The lowest BCUT2D eigenvalue weighted by atomic mass is 10.1. The minimum atomic E-state index is -0.618. The minimum Gasteiger partial charge on any atom is -0.484 e. The highest BCUT2D eigenvalue weighted by atomic mass is 79.9. The number of amides is 2. The molecule has 168 valence electrons. The van der Waals surface area contributed by atoms with Crippen molar-refractivity contribution in [3.8, 4) is 5.75 Å². The number of hydrogen-bond acceptors (Lipinski definition) is 3. The third-order valence-electron chi connectivity index (χ3n) is 5.18. The highest BCUT2D eigenvalue weighted by molar-refractivity contribution is 9.10. The van der Waals surface area contributed by atoms with E-state index in [2.05, 4.69) is 21.2 Å². The standard InChI is InChI=1S/C24H30BrClN2O3/c1-5-17(4)27-24(30)22(6-2)28(14-18-9-7-8-10-21(18)26)23(29)15-31-19-11-12-20(25)16(3)13-19/h7-13,17,22H,5-6,14-15H2,1-4H3,(H,27,30)/t17-,22-/m0/s1. The average Bonchev–Trinajstić information content (AvgIpc) is 2.75. The van der Waals surface area contributed by atoms with Gasteiger partial charge in [-0.1, -0.05) is 59.6 Å². The SMILES string of the molecule is CC[C@H](C)NC(=O)[C@H](CC)N(Cc1ccccc1Cl)C(=O)COc1ccc(Br)c(C)c1. The molecule has 0 saturated carbocycles. The van der Waals surface area contributed by atoms with Crippen LogP contribution in [0.2, 0.25) is 5.02 Å². The number of ether oxygens (including phenoxy) is 1. The van der Waals surface area contributed by atoms with E-state index < -0.39 is 6.04 Å². The summed E-state index contributed by atoms with van der Waals surface area (Å²) in [5, 5.41) is 3.55. The van der Waals surface area contributed by atoms with Crippen LogP contribution in [0.15, 0.2) is 46.9 Å². The minimum absolute atomic E-state index is 0.0285. The molecule has 0 radical (unpaired) electrons. The van der Waals surface area contributed by atoms with Crippen LogP contribution in [0.4, 0.5) is 0 Å². The first-order chi connectivity index (χ1) is 14.8. The number of benzene rings is 2. The molecule has 0 aliphatic rings. The Morgan fingerprint density at radius 3 is 2.48 bits per heavy atom. The normalized spacial score (nSPS) is 12.7. The molecule has 0 aliphatic carbocycles. The van der Waals surface area contributed by atoms with Crippen LogP contribution in [0.25, 0.3) is 0 Å². The molecule has 5 nitrogen and oxygen atoms in total. The summed E-state index contributed by atoms with van der Waals surface area (Å²) in [5.74, 6) is 0.159. The summed E-state index contributed by atoms with van der Waals surface area (Å²) in [6.07, 6.45) is 1.29. The van der Waals surface area contributed by atoms with Gasteiger partial charge in [0.25, 0.3) is 5.91 Å². The van der Waals surface area contributed by atoms with Crippen LogP contribution < -0.4 is 10.1 Å². The van der Waals surface area contributed by atoms with Crippen LogP contribution in [-0.2, 0) is 16.1 Å². The number of carbonyl (C=O) groups excluding carboxylic acids is 2. The lowest BCUT2D eigenvalue weighted by Crippen LogP contribution is -2.51. The number of carbonyl (C=O) groups is 2. The second-order valence-corrected chi connectivity index (χ2v) is 8.82. The first-order valence-electron chi connectivity index (χ1n) is 10.5. The molecule has 2 aromatic rings. The van der Waals surface area contributed by atoms with Gasteiger partial charge >= 0.3 is 0 Å². The fourth-order valence-corrected chi connectivity index (χ4v) is 3.55. The zero-order valence-electron chi connectivity index (χ0n) is 18.5. The quantitative estimate of drug-likeness (QED) is 0.459. The van der Waals surface area contributed by atoms with Crippen molar-refractivity contribution >= 4 is 39.3 Å². The molecule has 2 rings (SSSR count). The monoisotopic (exact) mass is 508 g/mol. The van der Waals surface area contributed by atoms with Crippen molar-refractivity contribution in [1.82, 2.24) is 10.2 Å². The molecule has 1 N–H and O–H groups in total. The molecule has 0 bridgehead atoms. The molecule has 2 amide bonds. The van der Waals surface area contributed by atoms with E-state index >= 15 is 0 Å². The Balaban J connectivity index is 2.24. The Labute approximate surface area is 198 Å². The Hall–Kier alpha value is -2.05. The van der Waals surface area contributed by atoms with Crippen LogP contribution >= 0.6 is 27.5 Å². The molecule has 0 aromatic heterocycles. The Morgan fingerprint density at radius 2 is 1.87 bits per heavy atom. The molecule has 0 saturated heterocycles. The van der Waals surface area contributed by atoms with E-state index in [0.717, 1.165) is 22.0 Å². The largest absolute Gasteiger partial charge is 0.484 e. The van der Waals surface area contributed by atoms with Gasteiger partial charge in [-0.25, -0.2) is 0 Å². The summed E-state index contributed by atoms with van der Waals surface area (Å²) >= 11 is 9.80. The van der Waals surface area contributed by atoms with E-state index in [1.54, 1.807) is 17.0 Å². The van der Waals surface area contributed by atoms with Crippen LogP contribution in [0.3, 0.4) is 0 Å². The van der Waals surface area contributed by atoms with Gasteiger partial charge in [0.1, 0.15) is 11.8 Å². The van der Waals surface area contributed by atoms with Gasteiger partial charge in [-0.3, -0.25) is 9.59 Å². The van der Waals surface area contributed by atoms with E-state index in [1.807, 2.05) is 58.0 Å². The predicted molar refractivity (Wildman–Crippen MR) is 128 cm³/mol. The van der Waals surface area contributed by atoms with Crippen molar-refractivity contribution in [3.63, 3.8) is 0 Å².